The molecule has 5 fully saturated rings. The first-order chi connectivity index (χ1) is 58.4. The first kappa shape index (κ1) is 82.2. The third kappa shape index (κ3) is 20.0. The summed E-state index contributed by atoms with van der Waals surface area (Å²) in [7, 11) is 0. The normalized spacial score (nSPS) is 17.4. The van der Waals surface area contributed by atoms with E-state index in [-0.39, 0.29) is 41.8 Å². The second-order valence-electron chi connectivity index (χ2n) is 34.2. The van der Waals surface area contributed by atoms with Crippen molar-refractivity contribution < 1.29 is 33.4 Å². The zero-order valence-corrected chi connectivity index (χ0v) is 70.2. The van der Waals surface area contributed by atoms with Crippen molar-refractivity contribution in [2.45, 2.75) is 150 Å². The summed E-state index contributed by atoms with van der Waals surface area (Å²) in [5, 5.41) is 13.6. The number of hydrogen-bond acceptors (Lipinski definition) is 22. The van der Waals surface area contributed by atoms with Crippen molar-refractivity contribution in [2.75, 3.05) is 106 Å². The monoisotopic (exact) mass is 1630 g/mol. The van der Waals surface area contributed by atoms with Crippen molar-refractivity contribution in [1.29, 1.82) is 0 Å². The molecule has 8 aromatic heterocycles. The second-order valence-corrected chi connectivity index (χ2v) is 34.2. The highest BCUT2D eigenvalue weighted by Gasteiger charge is 2.37. The number of fused-ring (bicyclic) bond motifs is 3. The van der Waals surface area contributed by atoms with Gasteiger partial charge in [0.15, 0.2) is 11.3 Å². The van der Waals surface area contributed by atoms with Gasteiger partial charge in [0.1, 0.15) is 51.3 Å². The lowest BCUT2D eigenvalue weighted by Gasteiger charge is -2.37. The van der Waals surface area contributed by atoms with E-state index in [1.165, 1.54) is 22.3 Å². The van der Waals surface area contributed by atoms with Gasteiger partial charge in [0.2, 0.25) is 17.7 Å². The summed E-state index contributed by atoms with van der Waals surface area (Å²) in [4.78, 5) is 111. The maximum absolute atomic E-state index is 13.8. The van der Waals surface area contributed by atoms with Crippen LogP contribution in [0.15, 0.2) is 158 Å². The molecule has 121 heavy (non-hydrogen) atoms. The molecule has 1 unspecified atom stereocenters. The lowest BCUT2D eigenvalue weighted by atomic mass is 9.93. The Morgan fingerprint density at radius 1 is 0.595 bits per heavy atom. The number of rotatable bonds is 17. The Balaban J connectivity index is 0.000000210. The van der Waals surface area contributed by atoms with Crippen molar-refractivity contribution in [2.24, 2.45) is 5.92 Å². The van der Waals surface area contributed by atoms with E-state index >= 15 is 0 Å². The quantitative estimate of drug-likeness (QED) is 0.0486. The number of ether oxygens (including phenoxy) is 2. The second kappa shape index (κ2) is 35.8. The van der Waals surface area contributed by atoms with Crippen LogP contribution in [0.2, 0.25) is 0 Å². The fourth-order valence-electron chi connectivity index (χ4n) is 16.9. The predicted molar refractivity (Wildman–Crippen MR) is 465 cm³/mol. The minimum atomic E-state index is -0.610. The van der Waals surface area contributed by atoms with Crippen LogP contribution < -0.4 is 26.6 Å². The summed E-state index contributed by atoms with van der Waals surface area (Å²) >= 11 is 0. The Morgan fingerprint density at radius 3 is 1.81 bits per heavy atom. The number of carbonyl (C=O) groups excluding carboxylic acids is 5. The summed E-state index contributed by atoms with van der Waals surface area (Å²) in [6.45, 7) is 29.4. The van der Waals surface area contributed by atoms with Crippen molar-refractivity contribution in [3.63, 3.8) is 0 Å². The number of carbonyl (C=O) groups is 5. The number of imidazole rings is 2. The Hall–Kier alpha value is -12.5. The van der Waals surface area contributed by atoms with Gasteiger partial charge >= 0.3 is 12.2 Å². The molecule has 3 aromatic carbocycles. The third-order valence-corrected chi connectivity index (χ3v) is 23.2. The number of pyridine rings is 5. The summed E-state index contributed by atoms with van der Waals surface area (Å²) < 4.78 is 17.1. The molecule has 14 heterocycles. The smallest absolute Gasteiger partial charge is 0.413 e. The lowest BCUT2D eigenvalue weighted by molar-refractivity contribution is -0.138. The number of hydrogen-bond donors (Lipinski definition) is 4. The number of piperazine rings is 2. The van der Waals surface area contributed by atoms with Crippen molar-refractivity contribution in [3.8, 4) is 45.7 Å². The fourth-order valence-corrected chi connectivity index (χ4v) is 16.9. The number of aromatic nitrogens is 11. The van der Waals surface area contributed by atoms with Gasteiger partial charge in [0.05, 0.1) is 36.2 Å². The maximum Gasteiger partial charge on any atom is 0.413 e. The van der Waals surface area contributed by atoms with Gasteiger partial charge in [-0.1, -0.05) is 48.2 Å². The van der Waals surface area contributed by atoms with Crippen LogP contribution in [-0.2, 0) is 56.6 Å². The topological polar surface area (TPSA) is 307 Å². The average Bonchev–Trinajstić information content (AvgIpc) is 1.64. The van der Waals surface area contributed by atoms with Crippen molar-refractivity contribution in [1.82, 2.24) is 88.5 Å². The van der Waals surface area contributed by atoms with Crippen LogP contribution in [0.1, 0.15) is 131 Å². The van der Waals surface area contributed by atoms with Crippen LogP contribution in [0.4, 0.5) is 32.7 Å². The molecule has 0 spiro atoms. The van der Waals surface area contributed by atoms with Crippen LogP contribution in [0.5, 0.6) is 0 Å². The maximum atomic E-state index is 13.8. The van der Waals surface area contributed by atoms with Crippen LogP contribution in [0.25, 0.3) is 56.2 Å². The van der Waals surface area contributed by atoms with E-state index < -0.39 is 17.3 Å². The molecule has 11 aromatic rings. The molecule has 0 saturated carbocycles. The van der Waals surface area contributed by atoms with Gasteiger partial charge in [0, 0.05) is 188 Å². The molecule has 1 atom stereocenters. The molecule has 29 nitrogen and oxygen atoms in total. The van der Waals surface area contributed by atoms with E-state index in [1.54, 1.807) is 23.4 Å². The number of anilines is 4. The molecule has 17 rings (SSSR count). The van der Waals surface area contributed by atoms with E-state index in [0.717, 1.165) is 201 Å². The van der Waals surface area contributed by atoms with E-state index in [4.69, 9.17) is 45.2 Å². The highest BCUT2D eigenvalue weighted by molar-refractivity contribution is 6.00. The molecule has 626 valence electrons. The van der Waals surface area contributed by atoms with Gasteiger partial charge in [-0.2, -0.15) is 5.10 Å². The number of imide groups is 1. The number of nitrogens with two attached hydrogens (primary N) is 1. The van der Waals surface area contributed by atoms with Crippen molar-refractivity contribution >= 4 is 75.4 Å². The third-order valence-electron chi connectivity index (χ3n) is 23.2. The van der Waals surface area contributed by atoms with E-state index in [0.29, 0.717) is 57.2 Å². The lowest BCUT2D eigenvalue weighted by Crippen LogP contribution is -2.50. The first-order valence-electron chi connectivity index (χ1n) is 42.1. The highest BCUT2D eigenvalue weighted by atomic mass is 16.6. The Labute approximate surface area is 705 Å². The molecular formula is C92H106N22O7. The average molecular weight is 1630 g/mol. The molecule has 6 aliphatic heterocycles. The number of nitrogens with one attached hydrogen (secondary N) is 3. The van der Waals surface area contributed by atoms with Crippen LogP contribution >= 0.6 is 0 Å². The number of nitrogens with zero attached hydrogens (tertiary/aromatic N) is 18. The highest BCUT2D eigenvalue weighted by Crippen LogP contribution is 2.35. The zero-order valence-electron chi connectivity index (χ0n) is 70.2. The summed E-state index contributed by atoms with van der Waals surface area (Å²) in [5.41, 5.74) is 21.3. The van der Waals surface area contributed by atoms with Gasteiger partial charge in [-0.25, -0.2) is 44.5 Å². The Morgan fingerprint density at radius 2 is 1.21 bits per heavy atom. The van der Waals surface area contributed by atoms with E-state index in [1.807, 2.05) is 115 Å². The molecule has 6 aliphatic rings. The van der Waals surface area contributed by atoms with Crippen LogP contribution in [-0.4, -0.2) is 215 Å². The number of piperidine rings is 3. The number of nitrogen functional groups attached to an aromatic ring is 1. The fraction of sp³-hybridized carbons (Fsp3) is 0.402. The molecule has 29 heteroatoms. The molecule has 0 radical (unpaired) electrons. The van der Waals surface area contributed by atoms with Gasteiger partial charge < -0.3 is 35.2 Å². The minimum Gasteiger partial charge on any atom is -0.444 e. The molecule has 0 aliphatic carbocycles. The number of likely N-dealkylation sites (tertiary alicyclic amines) is 1. The number of benzene rings is 3. The SMILES string of the molecule is Cc1nc2ccc(-c3ccnc(N)c3)nc2n1-c1ccc(CN2CCN(CC#Cc3ccc(N4CCC(C(=O)N5CCC(n6cc(CNc7cccc8c7CN(C7CCC(=O)NC7=O)C8)cn6)CC5)CC4)nc3)CC2)cc1.Cc1nc2ccc(-c3ccnc(NC(=O)OC(C)(C)C)c3)nc2n1-c1ccc(CN2CCN(C(=O)OC(C)(C)C)CC2)cc1. The predicted octanol–water partition coefficient (Wildman–Crippen LogP) is 12.1. The van der Waals surface area contributed by atoms with Gasteiger partial charge in [-0.05, 0) is 201 Å². The van der Waals surface area contributed by atoms with Crippen LogP contribution in [0.3, 0.4) is 0 Å². The number of aryl methyl sites for hydroxylation is 2. The minimum absolute atomic E-state index is 0.0341. The Bertz CT molecular complexity index is 5650. The van der Waals surface area contributed by atoms with Gasteiger partial charge in [-0.15, -0.1) is 0 Å². The van der Waals surface area contributed by atoms with E-state index in [9.17, 15) is 24.0 Å². The summed E-state index contributed by atoms with van der Waals surface area (Å²) in [6.07, 6.45) is 12.8. The Kier molecular flexibility index (Phi) is 24.3. The molecule has 5 saturated heterocycles. The van der Waals surface area contributed by atoms with Gasteiger partial charge in [0.25, 0.3) is 0 Å². The first-order valence-corrected chi connectivity index (χ1v) is 42.1. The standard InChI is InChI=1S/C59H65N15O3.C33H41N7O4/c1-40-65-52-13-12-50(45-17-22-61-54(60)32-45)66-57(52)74(40)48-10-7-42(8-11-48)36-69-30-28-68(29-31-69)23-3-4-41-9-15-55(63-33-41)70-24-18-44(19-25-70)59(77)71-26-20-47(21-27-71)73-37-43(35-64-73)34-62-51-6-2-5-46-38-72(39-49(46)51)53-14-16-56(75)67-58(53)76;1-22-35-27-13-12-26(24-14-15-34-28(20-24)37-30(41)43-32(2,3)4)36-29(27)40(22)25-10-8-23(9-11-25)21-38-16-18-39(19-17-38)31(42)44-33(5,6)7/h2,5-13,15,17,22,32-33,35,37,44,47,53,62H,14,16,18-21,23-31,34,36,38-39H2,1H3,(H2,60,61)(H,67,75,76);8-15,20H,16-19,21H2,1-7H3,(H,34,37,41). The van der Waals surface area contributed by atoms with Crippen molar-refractivity contribution in [3.05, 3.63) is 203 Å². The molecule has 5 amide bonds. The summed E-state index contributed by atoms with van der Waals surface area (Å²) in [6, 6.07) is 42.8. The van der Waals surface area contributed by atoms with E-state index in [2.05, 4.69) is 161 Å². The summed E-state index contributed by atoms with van der Waals surface area (Å²) in [5.74, 6) is 10.2. The van der Waals surface area contributed by atoms with Crippen LogP contribution in [0, 0.1) is 31.6 Å². The zero-order chi connectivity index (χ0) is 84.1. The molecule has 5 N–H and O–H groups in total. The van der Waals surface area contributed by atoms with Gasteiger partial charge in [-0.3, -0.25) is 58.4 Å². The molecule has 0 bridgehead atoms. The largest absolute Gasteiger partial charge is 0.444 e. The molecular weight excluding hydrogens is 1530 g/mol. The number of amides is 5.